The molecule has 0 saturated carbocycles. The topological polar surface area (TPSA) is 54.9 Å². The van der Waals surface area contributed by atoms with Crippen molar-refractivity contribution < 1.29 is 10.0 Å². The van der Waals surface area contributed by atoms with Crippen LogP contribution in [0.1, 0.15) is 47.6 Å². The lowest BCUT2D eigenvalue weighted by Gasteiger charge is -2.34. The number of piperidine rings is 1. The van der Waals surface area contributed by atoms with Crippen molar-refractivity contribution >= 4 is 16.3 Å². The zero-order valence-corrected chi connectivity index (χ0v) is 15.8. The van der Waals surface area contributed by atoms with Crippen LogP contribution < -0.4 is 4.90 Å². The van der Waals surface area contributed by atoms with Crippen molar-refractivity contribution in [2.75, 3.05) is 13.1 Å². The van der Waals surface area contributed by atoms with Gasteiger partial charge in [0.1, 0.15) is 10.7 Å². The zero-order chi connectivity index (χ0) is 17.6. The second-order valence-corrected chi connectivity index (χ2v) is 8.36. The van der Waals surface area contributed by atoms with Gasteiger partial charge < -0.3 is 10.0 Å². The molecular weight excluding hydrogens is 332 g/mol. The first kappa shape index (κ1) is 16.5. The van der Waals surface area contributed by atoms with Gasteiger partial charge in [-0.2, -0.15) is 4.52 Å². The summed E-state index contributed by atoms with van der Waals surface area (Å²) in [4.78, 5) is 7.73. The Morgan fingerprint density at radius 1 is 1.36 bits per heavy atom. The van der Waals surface area contributed by atoms with E-state index in [1.165, 1.54) is 28.9 Å². The molecule has 1 aromatic carbocycles. The van der Waals surface area contributed by atoms with E-state index < -0.39 is 0 Å². The van der Waals surface area contributed by atoms with Gasteiger partial charge in [-0.25, -0.2) is 4.98 Å². The number of quaternary nitrogens is 1. The van der Waals surface area contributed by atoms with Crippen LogP contribution in [0.5, 0.6) is 5.88 Å². The lowest BCUT2D eigenvalue weighted by Crippen LogP contribution is -3.13. The Balaban J connectivity index is 1.83. The summed E-state index contributed by atoms with van der Waals surface area (Å²) in [5.74, 6) is 1.65. The van der Waals surface area contributed by atoms with Crippen molar-refractivity contribution in [2.45, 2.75) is 39.7 Å². The molecule has 3 heterocycles. The molecule has 6 heteroatoms. The number of aromatic nitrogens is 3. The number of nitrogens with one attached hydrogen (secondary N) is 1. The predicted octanol–water partition coefficient (Wildman–Crippen LogP) is 2.52. The first-order chi connectivity index (χ1) is 12.0. The normalized spacial score (nSPS) is 22.4. The van der Waals surface area contributed by atoms with Gasteiger partial charge in [0.2, 0.25) is 10.8 Å². The van der Waals surface area contributed by atoms with E-state index in [0.29, 0.717) is 11.7 Å². The molecule has 1 fully saturated rings. The molecule has 5 nitrogen and oxygen atoms in total. The van der Waals surface area contributed by atoms with E-state index >= 15 is 0 Å². The molecule has 1 unspecified atom stereocenters. The molecule has 0 radical (unpaired) electrons. The molecule has 2 N–H and O–H groups in total. The fourth-order valence-corrected chi connectivity index (χ4v) is 5.24. The zero-order valence-electron chi connectivity index (χ0n) is 15.0. The minimum atomic E-state index is 0.136. The highest BCUT2D eigenvalue weighted by atomic mass is 32.1. The smallest absolute Gasteiger partial charge is 0.235 e. The average Bonchev–Trinajstić information content (AvgIpc) is 3.06. The number of fused-ring (bicyclic) bond motifs is 1. The second-order valence-electron chi connectivity index (χ2n) is 7.35. The Morgan fingerprint density at radius 3 is 2.92 bits per heavy atom. The van der Waals surface area contributed by atoms with E-state index in [1.807, 2.05) is 6.92 Å². The molecule has 1 saturated heterocycles. The number of hydrogen-bond donors (Lipinski definition) is 2. The van der Waals surface area contributed by atoms with Crippen LogP contribution in [0.25, 0.3) is 4.96 Å². The highest BCUT2D eigenvalue weighted by Gasteiger charge is 2.35. The summed E-state index contributed by atoms with van der Waals surface area (Å²) in [6.45, 7) is 8.58. The maximum Gasteiger partial charge on any atom is 0.235 e. The molecule has 0 amide bonds. The lowest BCUT2D eigenvalue weighted by atomic mass is 9.95. The van der Waals surface area contributed by atoms with Crippen molar-refractivity contribution in [3.8, 4) is 5.88 Å². The van der Waals surface area contributed by atoms with Gasteiger partial charge in [0.25, 0.3) is 0 Å². The van der Waals surface area contributed by atoms with Crippen LogP contribution in [0.2, 0.25) is 0 Å². The number of thiazole rings is 1. The molecule has 3 aromatic rings. The van der Waals surface area contributed by atoms with Gasteiger partial charge in [-0.3, -0.25) is 0 Å². The third-order valence-electron chi connectivity index (χ3n) is 5.16. The number of nitrogens with zero attached hydrogens (tertiary/aromatic N) is 3. The minimum absolute atomic E-state index is 0.136. The Bertz CT molecular complexity index is 900. The Kier molecular flexibility index (Phi) is 4.25. The second kappa shape index (κ2) is 6.42. The predicted molar refractivity (Wildman–Crippen MR) is 99.4 cm³/mol. The third-order valence-corrected chi connectivity index (χ3v) is 6.24. The van der Waals surface area contributed by atoms with Gasteiger partial charge in [-0.05, 0) is 32.8 Å². The summed E-state index contributed by atoms with van der Waals surface area (Å²) >= 11 is 1.57. The van der Waals surface area contributed by atoms with Crippen molar-refractivity contribution in [3.05, 3.63) is 46.1 Å². The van der Waals surface area contributed by atoms with E-state index in [4.69, 9.17) is 0 Å². The first-order valence-corrected chi connectivity index (χ1v) is 9.80. The van der Waals surface area contributed by atoms with E-state index in [0.717, 1.165) is 22.9 Å². The molecule has 2 aromatic heterocycles. The first-order valence-electron chi connectivity index (χ1n) is 8.99. The monoisotopic (exact) mass is 357 g/mol. The van der Waals surface area contributed by atoms with E-state index in [-0.39, 0.29) is 11.9 Å². The molecule has 0 bridgehead atoms. The number of hydrogen-bond acceptors (Lipinski definition) is 4. The average molecular weight is 358 g/mol. The van der Waals surface area contributed by atoms with Crippen LogP contribution >= 0.6 is 11.3 Å². The van der Waals surface area contributed by atoms with Gasteiger partial charge in [0, 0.05) is 11.5 Å². The quantitative estimate of drug-likeness (QED) is 0.757. The van der Waals surface area contributed by atoms with E-state index in [2.05, 4.69) is 48.2 Å². The molecule has 132 valence electrons. The molecule has 1 aliphatic heterocycles. The summed E-state index contributed by atoms with van der Waals surface area (Å²) in [7, 11) is 0. The van der Waals surface area contributed by atoms with Crippen molar-refractivity contribution in [3.63, 3.8) is 0 Å². The SMILES string of the molecule is Cc1cccc([C@@H](c2sc3nc(C)nn3c2O)[NH+]2CCC[C@H](C)C2)c1. The number of aromatic hydroxyl groups is 1. The van der Waals surface area contributed by atoms with Gasteiger partial charge >= 0.3 is 0 Å². The molecule has 4 rings (SSSR count). The van der Waals surface area contributed by atoms with Gasteiger partial charge in [-0.15, -0.1) is 5.10 Å². The standard InChI is InChI=1S/C19H24N4OS/c1-12-6-4-8-15(10-12)16(22-9-5-7-13(2)11-22)17-18(24)23-19(25-17)20-14(3)21-23/h4,6,8,10,13,16,24H,5,7,9,11H2,1-3H3/p+1/t13-,16-/m0/s1. The van der Waals surface area contributed by atoms with Crippen molar-refractivity contribution in [2.24, 2.45) is 5.92 Å². The summed E-state index contributed by atoms with van der Waals surface area (Å²) in [5, 5.41) is 15.2. The van der Waals surface area contributed by atoms with Crippen LogP contribution in [0, 0.1) is 19.8 Å². The highest BCUT2D eigenvalue weighted by Crippen LogP contribution is 2.35. The molecule has 1 aliphatic rings. The fraction of sp³-hybridized carbons (Fsp3) is 0.474. The molecule has 25 heavy (non-hydrogen) atoms. The van der Waals surface area contributed by atoms with E-state index in [1.54, 1.807) is 15.9 Å². The molecule has 0 spiro atoms. The number of benzene rings is 1. The van der Waals surface area contributed by atoms with Crippen LogP contribution in [-0.4, -0.2) is 32.8 Å². The fourth-order valence-electron chi connectivity index (χ4n) is 4.05. The Hall–Kier alpha value is -1.92. The maximum absolute atomic E-state index is 10.9. The highest BCUT2D eigenvalue weighted by molar-refractivity contribution is 7.17. The molecule has 0 aliphatic carbocycles. The molecule has 3 atom stereocenters. The van der Waals surface area contributed by atoms with E-state index in [9.17, 15) is 5.11 Å². The number of rotatable bonds is 3. The lowest BCUT2D eigenvalue weighted by molar-refractivity contribution is -0.933. The van der Waals surface area contributed by atoms with Gasteiger partial charge in [0.05, 0.1) is 13.1 Å². The number of likely N-dealkylation sites (tertiary alicyclic amines) is 1. The van der Waals surface area contributed by atoms with Crippen LogP contribution in [0.4, 0.5) is 0 Å². The van der Waals surface area contributed by atoms with Crippen LogP contribution in [-0.2, 0) is 0 Å². The largest absolute Gasteiger partial charge is 0.492 e. The number of aryl methyl sites for hydroxylation is 2. The minimum Gasteiger partial charge on any atom is -0.492 e. The third kappa shape index (κ3) is 3.04. The summed E-state index contributed by atoms with van der Waals surface area (Å²) in [6.07, 6.45) is 2.53. The van der Waals surface area contributed by atoms with Crippen LogP contribution in [0.15, 0.2) is 24.3 Å². The Morgan fingerprint density at radius 2 is 2.20 bits per heavy atom. The van der Waals surface area contributed by atoms with Gasteiger partial charge in [-0.1, -0.05) is 42.0 Å². The molecular formula is C19H25N4OS+. The summed E-state index contributed by atoms with van der Waals surface area (Å²) in [5.41, 5.74) is 2.52. The maximum atomic E-state index is 10.9. The van der Waals surface area contributed by atoms with Crippen LogP contribution in [0.3, 0.4) is 0 Å². The van der Waals surface area contributed by atoms with Crippen molar-refractivity contribution in [1.29, 1.82) is 0 Å². The van der Waals surface area contributed by atoms with Gasteiger partial charge in [0.15, 0.2) is 6.04 Å². The summed E-state index contributed by atoms with van der Waals surface area (Å²) in [6, 6.07) is 8.81. The van der Waals surface area contributed by atoms with Crippen molar-refractivity contribution in [1.82, 2.24) is 14.6 Å². The summed E-state index contributed by atoms with van der Waals surface area (Å²) < 4.78 is 1.59. The Labute approximate surface area is 151 Å².